The number of nitrogens with one attached hydrogen (secondary N) is 2. The van der Waals surface area contributed by atoms with Crippen molar-refractivity contribution in [3.05, 3.63) is 57.8 Å². The molecule has 4 aromatic rings. The number of nitrogen functional groups attached to an aromatic ring is 2. The molecule has 1 aliphatic rings. The Hall–Kier alpha value is -4.04. The van der Waals surface area contributed by atoms with Crippen molar-refractivity contribution in [3.8, 4) is 0 Å². The lowest BCUT2D eigenvalue weighted by Crippen LogP contribution is -2.15. The number of carbonyl (C=O) groups excluding carboxylic acids is 2. The molecule has 1 aliphatic carbocycles. The summed E-state index contributed by atoms with van der Waals surface area (Å²) in [4.78, 5) is 33.1. The van der Waals surface area contributed by atoms with Crippen LogP contribution < -0.4 is 22.1 Å². The zero-order chi connectivity index (χ0) is 26.5. The largest absolute Gasteiger partial charge is 0.384 e. The summed E-state index contributed by atoms with van der Waals surface area (Å²) in [6.07, 6.45) is 4.06. The van der Waals surface area contributed by atoms with Gasteiger partial charge in [0.1, 0.15) is 21.7 Å². The topological polar surface area (TPSA) is 188 Å². The molecule has 12 nitrogen and oxygen atoms in total. The number of pyridine rings is 2. The van der Waals surface area contributed by atoms with Gasteiger partial charge in [-0.25, -0.2) is 9.97 Å². The molecular formula is C24H26N10O2S2. The van der Waals surface area contributed by atoms with Crippen LogP contribution >= 0.6 is 22.7 Å². The van der Waals surface area contributed by atoms with Gasteiger partial charge in [0, 0.05) is 11.8 Å². The van der Waals surface area contributed by atoms with E-state index in [4.69, 9.17) is 11.5 Å². The molecule has 196 valence electrons. The molecule has 2 atom stereocenters. The Bertz CT molecular complexity index is 1330. The zero-order valence-corrected chi connectivity index (χ0v) is 22.0. The summed E-state index contributed by atoms with van der Waals surface area (Å²) in [5, 5.41) is 25.4. The number of nitrogens with zero attached hydrogens (tertiary/aromatic N) is 6. The highest BCUT2D eigenvalue weighted by Gasteiger charge is 2.29. The van der Waals surface area contributed by atoms with Crippen LogP contribution in [0.15, 0.2) is 36.4 Å². The van der Waals surface area contributed by atoms with Crippen LogP contribution in [0.4, 0.5) is 21.9 Å². The highest BCUT2D eigenvalue weighted by atomic mass is 32.1. The Morgan fingerprint density at radius 1 is 0.763 bits per heavy atom. The summed E-state index contributed by atoms with van der Waals surface area (Å²) in [6, 6.07) is 10.4. The highest BCUT2D eigenvalue weighted by Crippen LogP contribution is 2.43. The average molecular weight is 551 g/mol. The molecule has 14 heteroatoms. The minimum absolute atomic E-state index is 0.108. The molecule has 1 fully saturated rings. The Balaban J connectivity index is 1.15. The fourth-order valence-corrected chi connectivity index (χ4v) is 6.20. The first-order valence-corrected chi connectivity index (χ1v) is 13.7. The highest BCUT2D eigenvalue weighted by molar-refractivity contribution is 7.15. The van der Waals surface area contributed by atoms with Crippen LogP contribution in [0.1, 0.15) is 58.9 Å². The second-order valence-electron chi connectivity index (χ2n) is 9.01. The Kier molecular flexibility index (Phi) is 7.79. The molecule has 0 radical (unpaired) electrons. The number of anilines is 4. The van der Waals surface area contributed by atoms with E-state index in [9.17, 15) is 9.59 Å². The fraction of sp³-hybridized carbons (Fsp3) is 0.333. The predicted molar refractivity (Wildman–Crippen MR) is 146 cm³/mol. The molecule has 4 aromatic heterocycles. The number of amides is 2. The molecule has 0 aromatic carbocycles. The quantitative estimate of drug-likeness (QED) is 0.254. The van der Waals surface area contributed by atoms with Crippen molar-refractivity contribution in [2.24, 2.45) is 0 Å². The molecule has 1 saturated carbocycles. The molecule has 0 bridgehead atoms. The van der Waals surface area contributed by atoms with E-state index in [0.717, 1.165) is 35.7 Å². The monoisotopic (exact) mass is 550 g/mol. The summed E-state index contributed by atoms with van der Waals surface area (Å²) in [7, 11) is 0. The SMILES string of the molecule is Nc1cccc(CC(=O)Nc2nnc(C3CCCC(c4nnc(NC(=O)Cc5cccc(N)n5)s4)C3)s2)n1. The predicted octanol–water partition coefficient (Wildman–Crippen LogP) is 3.15. The number of aromatic nitrogens is 6. The molecule has 4 heterocycles. The van der Waals surface area contributed by atoms with Gasteiger partial charge in [0.05, 0.1) is 24.2 Å². The van der Waals surface area contributed by atoms with Gasteiger partial charge < -0.3 is 22.1 Å². The van der Waals surface area contributed by atoms with E-state index in [1.165, 1.54) is 22.7 Å². The smallest absolute Gasteiger partial charge is 0.232 e. The van der Waals surface area contributed by atoms with Gasteiger partial charge in [-0.3, -0.25) is 9.59 Å². The van der Waals surface area contributed by atoms with Gasteiger partial charge in [-0.1, -0.05) is 41.2 Å². The molecule has 0 aliphatic heterocycles. The van der Waals surface area contributed by atoms with E-state index in [2.05, 4.69) is 41.0 Å². The van der Waals surface area contributed by atoms with Crippen LogP contribution in [-0.2, 0) is 22.4 Å². The lowest BCUT2D eigenvalue weighted by molar-refractivity contribution is -0.116. The van der Waals surface area contributed by atoms with Crippen molar-refractivity contribution in [1.82, 2.24) is 30.4 Å². The first-order valence-electron chi connectivity index (χ1n) is 12.1. The zero-order valence-electron chi connectivity index (χ0n) is 20.3. The number of hydrogen-bond donors (Lipinski definition) is 4. The summed E-state index contributed by atoms with van der Waals surface area (Å²) < 4.78 is 0. The van der Waals surface area contributed by atoms with Crippen LogP contribution in [0, 0.1) is 0 Å². The third kappa shape index (κ3) is 6.63. The Morgan fingerprint density at radius 2 is 1.24 bits per heavy atom. The van der Waals surface area contributed by atoms with Crippen LogP contribution in [0.2, 0.25) is 0 Å². The maximum Gasteiger partial charge on any atom is 0.232 e. The van der Waals surface area contributed by atoms with Crippen LogP contribution in [-0.4, -0.2) is 42.2 Å². The molecule has 0 spiro atoms. The molecule has 2 unspecified atom stereocenters. The molecule has 2 amide bonds. The number of carbonyl (C=O) groups is 2. The summed E-state index contributed by atoms with van der Waals surface area (Å²) in [6.45, 7) is 0. The van der Waals surface area contributed by atoms with Gasteiger partial charge in [-0.15, -0.1) is 20.4 Å². The first-order chi connectivity index (χ1) is 18.4. The lowest BCUT2D eigenvalue weighted by atomic mass is 9.82. The summed E-state index contributed by atoms with van der Waals surface area (Å²) >= 11 is 2.78. The van der Waals surface area contributed by atoms with Crippen LogP contribution in [0.5, 0.6) is 0 Å². The van der Waals surface area contributed by atoms with E-state index >= 15 is 0 Å². The van der Waals surface area contributed by atoms with E-state index in [0.29, 0.717) is 33.3 Å². The number of nitrogens with two attached hydrogens (primary N) is 2. The van der Waals surface area contributed by atoms with Gasteiger partial charge in [-0.2, -0.15) is 0 Å². The van der Waals surface area contributed by atoms with Gasteiger partial charge >= 0.3 is 0 Å². The van der Waals surface area contributed by atoms with Gasteiger partial charge in [0.2, 0.25) is 22.1 Å². The molecule has 6 N–H and O–H groups in total. The van der Waals surface area contributed by atoms with Crippen molar-refractivity contribution in [1.29, 1.82) is 0 Å². The third-order valence-corrected chi connectivity index (χ3v) is 8.09. The summed E-state index contributed by atoms with van der Waals surface area (Å²) in [5.74, 6) is 0.735. The van der Waals surface area contributed by atoms with Gasteiger partial charge in [-0.05, 0) is 43.5 Å². The molecule has 5 rings (SSSR count). The maximum atomic E-state index is 12.4. The molecule has 38 heavy (non-hydrogen) atoms. The standard InChI is InChI=1S/C24H26N10O2S2/c25-17-8-2-6-15(27-17)11-19(35)29-23-33-31-21(37-23)13-4-1-5-14(10-13)22-32-34-24(38-22)30-20(36)12-16-7-3-9-18(26)28-16/h2-3,6-9,13-14H,1,4-5,10-12H2,(H2,25,27)(H2,26,28)(H,29,33,35)(H,30,34,36). The summed E-state index contributed by atoms with van der Waals surface area (Å²) in [5.41, 5.74) is 12.6. The number of hydrogen-bond acceptors (Lipinski definition) is 12. The maximum absolute atomic E-state index is 12.4. The fourth-order valence-electron chi connectivity index (χ4n) is 4.39. The number of rotatable bonds is 8. The Labute approximate surface area is 226 Å². The normalized spacial score (nSPS) is 17.2. The van der Waals surface area contributed by atoms with Crippen LogP contribution in [0.3, 0.4) is 0 Å². The first kappa shape index (κ1) is 25.6. The Morgan fingerprint density at radius 3 is 1.68 bits per heavy atom. The minimum atomic E-state index is -0.220. The minimum Gasteiger partial charge on any atom is -0.384 e. The van der Waals surface area contributed by atoms with Crippen LogP contribution in [0.25, 0.3) is 0 Å². The van der Waals surface area contributed by atoms with Gasteiger partial charge in [0.15, 0.2) is 0 Å². The van der Waals surface area contributed by atoms with Crippen molar-refractivity contribution < 1.29 is 9.59 Å². The van der Waals surface area contributed by atoms with E-state index < -0.39 is 0 Å². The second kappa shape index (κ2) is 11.6. The molecule has 0 saturated heterocycles. The average Bonchev–Trinajstić information content (AvgIpc) is 3.54. The van der Waals surface area contributed by atoms with Crippen molar-refractivity contribution in [2.75, 3.05) is 22.1 Å². The lowest BCUT2D eigenvalue weighted by Gasteiger charge is -2.25. The van der Waals surface area contributed by atoms with E-state index in [1.807, 2.05) is 0 Å². The molecular weight excluding hydrogens is 524 g/mol. The van der Waals surface area contributed by atoms with E-state index in [1.54, 1.807) is 36.4 Å². The van der Waals surface area contributed by atoms with Gasteiger partial charge in [0.25, 0.3) is 0 Å². The second-order valence-corrected chi connectivity index (χ2v) is 11.0. The van der Waals surface area contributed by atoms with Crippen molar-refractivity contribution in [3.63, 3.8) is 0 Å². The van der Waals surface area contributed by atoms with Crippen molar-refractivity contribution in [2.45, 2.75) is 50.4 Å². The third-order valence-electron chi connectivity index (χ3n) is 6.09. The van der Waals surface area contributed by atoms with Crippen molar-refractivity contribution >= 4 is 56.4 Å². The van der Waals surface area contributed by atoms with E-state index in [-0.39, 0.29) is 36.5 Å².